The predicted molar refractivity (Wildman–Crippen MR) is 99.0 cm³/mol. The van der Waals surface area contributed by atoms with Crippen LogP contribution in [-0.4, -0.2) is 24.3 Å². The number of halogens is 1. The number of methoxy groups -OCH3 is 2. The molecule has 0 aliphatic carbocycles. The number of anilines is 1. The van der Waals surface area contributed by atoms with E-state index < -0.39 is 0 Å². The first kappa shape index (κ1) is 18.0. The van der Waals surface area contributed by atoms with Crippen LogP contribution in [0.1, 0.15) is 5.56 Å². The number of pyridine rings is 1. The summed E-state index contributed by atoms with van der Waals surface area (Å²) in [7, 11) is 2.82. The van der Waals surface area contributed by atoms with Crippen LogP contribution in [0, 0.1) is 17.1 Å². The first-order chi connectivity index (χ1) is 13.0. The van der Waals surface area contributed by atoms with Crippen molar-refractivity contribution in [3.8, 4) is 45.7 Å². The molecule has 7 heteroatoms. The fourth-order valence-corrected chi connectivity index (χ4v) is 2.73. The van der Waals surface area contributed by atoms with E-state index in [4.69, 9.17) is 15.2 Å². The molecule has 3 N–H and O–H groups in total. The molecule has 6 nitrogen and oxygen atoms in total. The Hall–Kier alpha value is -3.79. The van der Waals surface area contributed by atoms with Gasteiger partial charge >= 0.3 is 0 Å². The molecule has 2 aromatic carbocycles. The summed E-state index contributed by atoms with van der Waals surface area (Å²) in [5, 5.41) is 19.6. The van der Waals surface area contributed by atoms with Gasteiger partial charge in [-0.05, 0) is 48.0 Å². The van der Waals surface area contributed by atoms with Gasteiger partial charge in [0, 0.05) is 11.1 Å². The summed E-state index contributed by atoms with van der Waals surface area (Å²) in [6.45, 7) is 0. The van der Waals surface area contributed by atoms with Crippen molar-refractivity contribution in [2.45, 2.75) is 0 Å². The highest BCUT2D eigenvalue weighted by Crippen LogP contribution is 2.42. The molecule has 0 aliphatic rings. The fraction of sp³-hybridized carbons (Fsp3) is 0.100. The van der Waals surface area contributed by atoms with Gasteiger partial charge in [0.1, 0.15) is 23.3 Å². The number of benzene rings is 2. The van der Waals surface area contributed by atoms with Crippen LogP contribution in [0.2, 0.25) is 0 Å². The normalized spacial score (nSPS) is 10.3. The Morgan fingerprint density at radius 2 is 1.63 bits per heavy atom. The number of aromatic nitrogens is 1. The van der Waals surface area contributed by atoms with Gasteiger partial charge in [0.2, 0.25) is 5.75 Å². The quantitative estimate of drug-likeness (QED) is 0.730. The minimum Gasteiger partial charge on any atom is -0.502 e. The van der Waals surface area contributed by atoms with Gasteiger partial charge in [-0.1, -0.05) is 0 Å². The molecule has 1 heterocycles. The third-order valence-electron chi connectivity index (χ3n) is 4.09. The number of nitrogen functional groups attached to an aromatic ring is 1. The highest BCUT2D eigenvalue weighted by molar-refractivity contribution is 5.82. The van der Waals surface area contributed by atoms with Crippen molar-refractivity contribution in [1.82, 2.24) is 4.98 Å². The lowest BCUT2D eigenvalue weighted by molar-refractivity contribution is 0.340. The Morgan fingerprint density at radius 3 is 2.15 bits per heavy atom. The predicted octanol–water partition coefficient (Wildman–Crippen LogP) is 3.73. The molecule has 1 aromatic heterocycles. The zero-order chi connectivity index (χ0) is 19.6. The number of phenols is 1. The second kappa shape index (κ2) is 7.22. The molecule has 3 aromatic rings. The Balaban J connectivity index is 2.26. The summed E-state index contributed by atoms with van der Waals surface area (Å²) in [5.41, 5.74) is 8.33. The highest BCUT2D eigenvalue weighted by Gasteiger charge is 2.18. The van der Waals surface area contributed by atoms with Gasteiger partial charge in [0.25, 0.3) is 0 Å². The third-order valence-corrected chi connectivity index (χ3v) is 4.09. The van der Waals surface area contributed by atoms with E-state index in [1.54, 1.807) is 30.3 Å². The summed E-state index contributed by atoms with van der Waals surface area (Å²) in [5.74, 6) is -0.101. The summed E-state index contributed by atoms with van der Waals surface area (Å²) >= 11 is 0. The van der Waals surface area contributed by atoms with Crippen LogP contribution in [0.5, 0.6) is 17.2 Å². The van der Waals surface area contributed by atoms with Crippen LogP contribution < -0.4 is 15.2 Å². The van der Waals surface area contributed by atoms with E-state index in [2.05, 4.69) is 4.98 Å². The maximum Gasteiger partial charge on any atom is 0.200 e. The molecule has 3 rings (SSSR count). The van der Waals surface area contributed by atoms with E-state index in [9.17, 15) is 14.8 Å². The average molecular weight is 365 g/mol. The Labute approximate surface area is 155 Å². The molecule has 0 aliphatic heterocycles. The van der Waals surface area contributed by atoms with Crippen molar-refractivity contribution in [1.29, 1.82) is 5.26 Å². The molecule has 0 unspecified atom stereocenters. The number of rotatable bonds is 4. The summed E-state index contributed by atoms with van der Waals surface area (Å²) in [4.78, 5) is 4.25. The number of nitrogens with zero attached hydrogens (tertiary/aromatic N) is 2. The van der Waals surface area contributed by atoms with Gasteiger partial charge in [-0.25, -0.2) is 9.37 Å². The van der Waals surface area contributed by atoms with Crippen molar-refractivity contribution < 1.29 is 19.0 Å². The third kappa shape index (κ3) is 3.33. The van der Waals surface area contributed by atoms with Crippen LogP contribution >= 0.6 is 0 Å². The smallest absolute Gasteiger partial charge is 0.200 e. The maximum absolute atomic E-state index is 13.2. The fourth-order valence-electron chi connectivity index (χ4n) is 2.73. The Kier molecular flexibility index (Phi) is 4.81. The second-order valence-corrected chi connectivity index (χ2v) is 5.66. The standard InChI is InChI=1S/C20H16FN3O3/c1-26-17-7-12(8-18(27-2)19(17)25)14-9-16(24-20(23)15(14)10-22)11-3-5-13(21)6-4-11/h3-9,25H,1-2H3,(H2,23,24). The van der Waals surface area contributed by atoms with Crippen molar-refractivity contribution in [2.24, 2.45) is 0 Å². The van der Waals surface area contributed by atoms with Gasteiger partial charge in [-0.2, -0.15) is 5.26 Å². The van der Waals surface area contributed by atoms with Crippen LogP contribution in [0.4, 0.5) is 10.2 Å². The molecule has 27 heavy (non-hydrogen) atoms. The number of hydrogen-bond acceptors (Lipinski definition) is 6. The van der Waals surface area contributed by atoms with Crippen LogP contribution in [-0.2, 0) is 0 Å². The lowest BCUT2D eigenvalue weighted by Crippen LogP contribution is -2.00. The molecule has 0 atom stereocenters. The monoisotopic (exact) mass is 365 g/mol. The topological polar surface area (TPSA) is 101 Å². The Morgan fingerprint density at radius 1 is 1.04 bits per heavy atom. The average Bonchev–Trinajstić information content (AvgIpc) is 2.68. The summed E-state index contributed by atoms with van der Waals surface area (Å²) in [6, 6.07) is 12.6. The second-order valence-electron chi connectivity index (χ2n) is 5.66. The highest BCUT2D eigenvalue weighted by atomic mass is 19.1. The molecule has 136 valence electrons. The van der Waals surface area contributed by atoms with Crippen molar-refractivity contribution in [3.05, 3.63) is 53.8 Å². The number of ether oxygens (including phenoxy) is 2. The number of hydrogen-bond donors (Lipinski definition) is 2. The zero-order valence-electron chi connectivity index (χ0n) is 14.7. The van der Waals surface area contributed by atoms with Gasteiger partial charge in [-0.15, -0.1) is 0 Å². The molecular formula is C20H16FN3O3. The zero-order valence-corrected chi connectivity index (χ0v) is 14.7. The molecule has 0 spiro atoms. The van der Waals surface area contributed by atoms with Gasteiger partial charge in [0.15, 0.2) is 11.5 Å². The van der Waals surface area contributed by atoms with E-state index >= 15 is 0 Å². The van der Waals surface area contributed by atoms with E-state index in [0.29, 0.717) is 22.4 Å². The van der Waals surface area contributed by atoms with Crippen molar-refractivity contribution in [3.63, 3.8) is 0 Å². The lowest BCUT2D eigenvalue weighted by Gasteiger charge is -2.14. The van der Waals surface area contributed by atoms with E-state index in [0.717, 1.165) is 0 Å². The number of nitrogens with two attached hydrogens (primary N) is 1. The molecular weight excluding hydrogens is 349 g/mol. The number of nitriles is 1. The summed E-state index contributed by atoms with van der Waals surface area (Å²) in [6.07, 6.45) is 0. The molecule has 0 amide bonds. The van der Waals surface area contributed by atoms with E-state index in [-0.39, 0.29) is 34.4 Å². The summed E-state index contributed by atoms with van der Waals surface area (Å²) < 4.78 is 23.6. The Bertz CT molecular complexity index is 1020. The molecule has 0 saturated carbocycles. The number of phenolic OH excluding ortho intramolecular Hbond substituents is 1. The van der Waals surface area contributed by atoms with Crippen LogP contribution in [0.15, 0.2) is 42.5 Å². The molecule has 0 saturated heterocycles. The van der Waals surface area contributed by atoms with Crippen molar-refractivity contribution in [2.75, 3.05) is 20.0 Å². The molecule has 0 bridgehead atoms. The minimum atomic E-state index is -0.367. The van der Waals surface area contributed by atoms with E-state index in [1.807, 2.05) is 6.07 Å². The first-order valence-electron chi connectivity index (χ1n) is 7.90. The van der Waals surface area contributed by atoms with Crippen molar-refractivity contribution >= 4 is 5.82 Å². The lowest BCUT2D eigenvalue weighted by atomic mass is 9.97. The van der Waals surface area contributed by atoms with Crippen LogP contribution in [0.3, 0.4) is 0 Å². The molecule has 0 radical (unpaired) electrons. The minimum absolute atomic E-state index is 0.0420. The maximum atomic E-state index is 13.2. The van der Waals surface area contributed by atoms with Gasteiger partial charge in [0.05, 0.1) is 19.9 Å². The van der Waals surface area contributed by atoms with Gasteiger partial charge < -0.3 is 20.3 Å². The first-order valence-corrected chi connectivity index (χ1v) is 7.90. The largest absolute Gasteiger partial charge is 0.502 e. The number of aromatic hydroxyl groups is 1. The van der Waals surface area contributed by atoms with Gasteiger partial charge in [-0.3, -0.25) is 0 Å². The SMILES string of the molecule is COc1cc(-c2cc(-c3ccc(F)cc3)nc(N)c2C#N)cc(OC)c1O. The molecule has 0 fully saturated rings. The van der Waals surface area contributed by atoms with E-state index in [1.165, 1.54) is 26.4 Å². The van der Waals surface area contributed by atoms with Crippen LogP contribution in [0.25, 0.3) is 22.4 Å².